The molecule has 40 heavy (non-hydrogen) atoms. The molecule has 0 aromatic heterocycles. The Balaban J connectivity index is 2.09. The lowest BCUT2D eigenvalue weighted by Crippen LogP contribution is -2.54. The number of benzene rings is 3. The first-order valence-electron chi connectivity index (χ1n) is 13.3. The summed E-state index contributed by atoms with van der Waals surface area (Å²) in [6.07, 6.45) is 2.05. The monoisotopic (exact) mass is 583 g/mol. The Kier molecular flexibility index (Phi) is 10.8. The molecule has 3 aromatic rings. The Labute approximate surface area is 243 Å². The molecule has 214 valence electrons. The standard InChI is InChI=1S/C31H38ClN3O4S/c1-6-24(4)33-31(37)29(19-25-12-8-7-9-13-25)34(20-26-14-10-11-15-27(26)32)30(36)21-35(40(5,38)39)28-17-16-22(2)18-23(28)3/h7-18,24,29H,6,19-21H2,1-5H3,(H,33,37)/t24-,29-/m0/s1. The number of nitrogens with zero attached hydrogens (tertiary/aromatic N) is 2. The summed E-state index contributed by atoms with van der Waals surface area (Å²) in [4.78, 5) is 29.3. The van der Waals surface area contributed by atoms with Crippen molar-refractivity contribution >= 4 is 39.1 Å². The molecule has 0 spiro atoms. The summed E-state index contributed by atoms with van der Waals surface area (Å²) >= 11 is 6.49. The molecular weight excluding hydrogens is 546 g/mol. The summed E-state index contributed by atoms with van der Waals surface area (Å²) in [6.45, 7) is 7.18. The van der Waals surface area contributed by atoms with Gasteiger partial charge in [-0.05, 0) is 56.0 Å². The third-order valence-corrected chi connectivity index (χ3v) is 8.37. The first-order chi connectivity index (χ1) is 18.9. The van der Waals surface area contributed by atoms with Crippen molar-refractivity contribution in [3.63, 3.8) is 0 Å². The average Bonchev–Trinajstić information content (AvgIpc) is 2.90. The van der Waals surface area contributed by atoms with E-state index in [-0.39, 0.29) is 24.9 Å². The fourth-order valence-electron chi connectivity index (χ4n) is 4.49. The van der Waals surface area contributed by atoms with Crippen molar-refractivity contribution in [3.8, 4) is 0 Å². The summed E-state index contributed by atoms with van der Waals surface area (Å²) in [5.74, 6) is -0.818. The molecule has 0 radical (unpaired) electrons. The van der Waals surface area contributed by atoms with E-state index in [1.165, 1.54) is 4.90 Å². The van der Waals surface area contributed by atoms with Crippen LogP contribution in [-0.2, 0) is 32.6 Å². The van der Waals surface area contributed by atoms with Crippen LogP contribution in [0.4, 0.5) is 5.69 Å². The minimum atomic E-state index is -3.83. The Morgan fingerprint density at radius 2 is 1.62 bits per heavy atom. The van der Waals surface area contributed by atoms with E-state index >= 15 is 0 Å². The van der Waals surface area contributed by atoms with Crippen LogP contribution in [0.15, 0.2) is 72.8 Å². The van der Waals surface area contributed by atoms with Crippen molar-refractivity contribution in [3.05, 3.63) is 100 Å². The molecule has 0 saturated heterocycles. The molecule has 0 fully saturated rings. The summed E-state index contributed by atoms with van der Waals surface area (Å²) in [7, 11) is -3.83. The predicted octanol–water partition coefficient (Wildman–Crippen LogP) is 5.28. The number of sulfonamides is 1. The van der Waals surface area contributed by atoms with Crippen LogP contribution in [0.3, 0.4) is 0 Å². The molecule has 2 atom stereocenters. The second-order valence-corrected chi connectivity index (χ2v) is 12.5. The zero-order chi connectivity index (χ0) is 29.4. The van der Waals surface area contributed by atoms with Crippen LogP contribution in [0.2, 0.25) is 5.02 Å². The van der Waals surface area contributed by atoms with Gasteiger partial charge in [-0.3, -0.25) is 13.9 Å². The summed E-state index contributed by atoms with van der Waals surface area (Å²) < 4.78 is 27.1. The number of carbonyl (C=O) groups excluding carboxylic acids is 2. The molecule has 7 nitrogen and oxygen atoms in total. The lowest BCUT2D eigenvalue weighted by atomic mass is 10.0. The summed E-state index contributed by atoms with van der Waals surface area (Å²) in [6, 6.07) is 21.0. The number of carbonyl (C=O) groups is 2. The van der Waals surface area contributed by atoms with Crippen molar-refractivity contribution in [2.45, 2.75) is 59.2 Å². The lowest BCUT2D eigenvalue weighted by Gasteiger charge is -2.34. The Bertz CT molecular complexity index is 1430. The van der Waals surface area contributed by atoms with E-state index in [1.807, 2.05) is 76.2 Å². The maximum Gasteiger partial charge on any atom is 0.244 e. The van der Waals surface area contributed by atoms with E-state index in [9.17, 15) is 18.0 Å². The molecule has 0 aliphatic rings. The molecule has 2 amide bonds. The first kappa shape index (κ1) is 31.2. The molecule has 0 aliphatic carbocycles. The van der Waals surface area contributed by atoms with Crippen molar-refractivity contribution < 1.29 is 18.0 Å². The van der Waals surface area contributed by atoms with Crippen LogP contribution in [0.5, 0.6) is 0 Å². The van der Waals surface area contributed by atoms with Crippen molar-refractivity contribution in [1.82, 2.24) is 10.2 Å². The van der Waals surface area contributed by atoms with Crippen molar-refractivity contribution in [2.75, 3.05) is 17.1 Å². The Hall–Kier alpha value is -3.36. The zero-order valence-corrected chi connectivity index (χ0v) is 25.3. The van der Waals surface area contributed by atoms with Gasteiger partial charge in [0.25, 0.3) is 0 Å². The van der Waals surface area contributed by atoms with Crippen LogP contribution in [0.1, 0.15) is 42.5 Å². The van der Waals surface area contributed by atoms with Gasteiger partial charge in [0.1, 0.15) is 12.6 Å². The van der Waals surface area contributed by atoms with Crippen LogP contribution in [0, 0.1) is 13.8 Å². The molecule has 0 saturated carbocycles. The van der Waals surface area contributed by atoms with E-state index in [0.717, 1.165) is 33.7 Å². The molecular formula is C31H38ClN3O4S. The van der Waals surface area contributed by atoms with Gasteiger partial charge in [-0.1, -0.05) is 84.8 Å². The highest BCUT2D eigenvalue weighted by Gasteiger charge is 2.34. The summed E-state index contributed by atoms with van der Waals surface area (Å²) in [5, 5.41) is 3.47. The van der Waals surface area contributed by atoms with E-state index in [0.29, 0.717) is 16.3 Å². The molecule has 0 unspecified atom stereocenters. The minimum absolute atomic E-state index is 0.0361. The Morgan fingerprint density at radius 3 is 2.23 bits per heavy atom. The number of aryl methyl sites for hydroxylation is 2. The van der Waals surface area contributed by atoms with Crippen LogP contribution < -0.4 is 9.62 Å². The van der Waals surface area contributed by atoms with Gasteiger partial charge >= 0.3 is 0 Å². The van der Waals surface area contributed by atoms with Crippen LogP contribution in [0.25, 0.3) is 0 Å². The predicted molar refractivity (Wildman–Crippen MR) is 162 cm³/mol. The molecule has 0 bridgehead atoms. The maximum absolute atomic E-state index is 14.2. The third kappa shape index (κ3) is 8.32. The fraction of sp³-hybridized carbons (Fsp3) is 0.355. The number of amides is 2. The molecule has 0 aliphatic heterocycles. The van der Waals surface area contributed by atoms with Gasteiger partial charge in [0, 0.05) is 24.0 Å². The van der Waals surface area contributed by atoms with Gasteiger partial charge in [0.05, 0.1) is 11.9 Å². The largest absolute Gasteiger partial charge is 0.352 e. The van der Waals surface area contributed by atoms with Crippen molar-refractivity contribution in [2.24, 2.45) is 0 Å². The second kappa shape index (κ2) is 13.8. The summed E-state index contributed by atoms with van der Waals surface area (Å²) in [5.41, 5.74) is 3.66. The van der Waals surface area contributed by atoms with E-state index in [2.05, 4.69) is 5.32 Å². The maximum atomic E-state index is 14.2. The molecule has 3 aromatic carbocycles. The highest BCUT2D eigenvalue weighted by atomic mass is 35.5. The Morgan fingerprint density at radius 1 is 0.975 bits per heavy atom. The molecule has 0 heterocycles. The van der Waals surface area contributed by atoms with E-state index in [1.54, 1.807) is 24.3 Å². The number of rotatable bonds is 12. The highest BCUT2D eigenvalue weighted by Crippen LogP contribution is 2.25. The quantitative estimate of drug-likeness (QED) is 0.314. The molecule has 9 heteroatoms. The lowest BCUT2D eigenvalue weighted by molar-refractivity contribution is -0.140. The smallest absolute Gasteiger partial charge is 0.244 e. The van der Waals surface area contributed by atoms with Gasteiger partial charge < -0.3 is 10.2 Å². The number of nitrogens with one attached hydrogen (secondary N) is 1. The number of hydrogen-bond donors (Lipinski definition) is 1. The zero-order valence-electron chi connectivity index (χ0n) is 23.7. The molecule has 1 N–H and O–H groups in total. The number of hydrogen-bond acceptors (Lipinski definition) is 4. The normalized spacial score (nSPS) is 12.8. The van der Waals surface area contributed by atoms with Crippen molar-refractivity contribution in [1.29, 1.82) is 0 Å². The van der Waals surface area contributed by atoms with Crippen LogP contribution >= 0.6 is 11.6 Å². The second-order valence-electron chi connectivity index (χ2n) is 10.2. The highest BCUT2D eigenvalue weighted by molar-refractivity contribution is 7.92. The van der Waals surface area contributed by atoms with Gasteiger partial charge in [0.2, 0.25) is 21.8 Å². The average molecular weight is 584 g/mol. The number of anilines is 1. The topological polar surface area (TPSA) is 86.8 Å². The fourth-order valence-corrected chi connectivity index (χ4v) is 5.59. The van der Waals surface area contributed by atoms with Gasteiger partial charge in [0.15, 0.2) is 0 Å². The van der Waals surface area contributed by atoms with E-state index < -0.39 is 28.5 Å². The first-order valence-corrected chi connectivity index (χ1v) is 15.6. The van der Waals surface area contributed by atoms with Gasteiger partial charge in [-0.15, -0.1) is 0 Å². The van der Waals surface area contributed by atoms with E-state index in [4.69, 9.17) is 11.6 Å². The SMILES string of the molecule is CC[C@H](C)NC(=O)[C@H](Cc1ccccc1)N(Cc1ccccc1Cl)C(=O)CN(c1ccc(C)cc1C)S(C)(=O)=O. The number of halogens is 1. The molecule has 3 rings (SSSR count). The third-order valence-electron chi connectivity index (χ3n) is 6.87. The minimum Gasteiger partial charge on any atom is -0.352 e. The van der Waals surface area contributed by atoms with Gasteiger partial charge in [-0.25, -0.2) is 8.42 Å². The van der Waals surface area contributed by atoms with Gasteiger partial charge in [-0.2, -0.15) is 0 Å². The van der Waals surface area contributed by atoms with Crippen LogP contribution in [-0.4, -0.2) is 50.0 Å².